The van der Waals surface area contributed by atoms with E-state index < -0.39 is 14.3 Å². The number of allylic oxidation sites excluding steroid dienone is 5. The summed E-state index contributed by atoms with van der Waals surface area (Å²) in [6.07, 6.45) is 10.4. The second-order valence-corrected chi connectivity index (χ2v) is 14.2. The Bertz CT molecular complexity index is 559. The van der Waals surface area contributed by atoms with Gasteiger partial charge in [-0.15, -0.1) is 0 Å². The Balaban J connectivity index is 4.86. The van der Waals surface area contributed by atoms with Crippen LogP contribution in [-0.4, -0.2) is 25.5 Å². The summed E-state index contributed by atoms with van der Waals surface area (Å²) in [5, 5.41) is 9.32. The monoisotopic (exact) mass is 394 g/mol. The second-order valence-electron chi connectivity index (χ2n) is 9.44. The molecule has 1 unspecified atom stereocenters. The molecule has 0 fully saturated rings. The van der Waals surface area contributed by atoms with Crippen LogP contribution in [0.4, 0.5) is 0 Å². The number of aliphatic carboxylic acids is 1. The van der Waals surface area contributed by atoms with E-state index in [0.717, 1.165) is 25.7 Å². The summed E-state index contributed by atoms with van der Waals surface area (Å²) < 4.78 is 6.35. The number of rotatable bonds is 11. The highest BCUT2D eigenvalue weighted by Gasteiger charge is 2.39. The summed E-state index contributed by atoms with van der Waals surface area (Å²) in [5.41, 5.74) is 3.99. The molecule has 0 saturated heterocycles. The molecule has 0 bridgehead atoms. The topological polar surface area (TPSA) is 46.5 Å². The molecule has 27 heavy (non-hydrogen) atoms. The van der Waals surface area contributed by atoms with E-state index in [1.54, 1.807) is 0 Å². The highest BCUT2D eigenvalue weighted by molar-refractivity contribution is 6.74. The average molecular weight is 395 g/mol. The van der Waals surface area contributed by atoms with Crippen molar-refractivity contribution in [2.24, 2.45) is 0 Å². The molecule has 0 heterocycles. The van der Waals surface area contributed by atoms with Crippen LogP contribution in [0.5, 0.6) is 0 Å². The van der Waals surface area contributed by atoms with E-state index in [1.807, 2.05) is 6.08 Å². The van der Waals surface area contributed by atoms with Crippen LogP contribution in [-0.2, 0) is 9.22 Å². The Labute approximate surface area is 168 Å². The normalized spacial score (nSPS) is 14.9. The molecule has 1 atom stereocenters. The van der Waals surface area contributed by atoms with Crippen LogP contribution in [0.3, 0.4) is 0 Å². The van der Waals surface area contributed by atoms with Crippen molar-refractivity contribution in [3.63, 3.8) is 0 Å². The highest BCUT2D eigenvalue weighted by Crippen LogP contribution is 2.38. The van der Waals surface area contributed by atoms with Crippen LogP contribution in [0.25, 0.3) is 0 Å². The molecule has 0 aliphatic heterocycles. The van der Waals surface area contributed by atoms with Crippen LogP contribution in [0.1, 0.15) is 80.6 Å². The molecule has 0 aliphatic rings. The van der Waals surface area contributed by atoms with Gasteiger partial charge >= 0.3 is 5.97 Å². The van der Waals surface area contributed by atoms with E-state index >= 15 is 0 Å². The summed E-state index contributed by atoms with van der Waals surface area (Å²) >= 11 is 0. The van der Waals surface area contributed by atoms with Crippen molar-refractivity contribution >= 4 is 14.3 Å². The van der Waals surface area contributed by atoms with Crippen molar-refractivity contribution in [2.75, 3.05) is 0 Å². The van der Waals surface area contributed by atoms with Gasteiger partial charge in [0.05, 0.1) is 12.5 Å². The molecule has 0 saturated carbocycles. The van der Waals surface area contributed by atoms with Gasteiger partial charge in [-0.2, -0.15) is 0 Å². The standard InChI is InChI=1S/C23H42O3Si/c1-18(2)12-10-13-19(3)14-11-15-20(4)16-21(17-22(24)25)26-27(8,9)23(5,6)7/h12,14,16,21H,10-11,13,15,17H2,1-9H3,(H,24,25)/b19-14+,20-16+. The summed E-state index contributed by atoms with van der Waals surface area (Å²) in [6.45, 7) is 19.4. The molecule has 0 spiro atoms. The molecule has 0 aromatic rings. The van der Waals surface area contributed by atoms with Gasteiger partial charge in [0.25, 0.3) is 0 Å². The lowest BCUT2D eigenvalue weighted by molar-refractivity contribution is -0.138. The summed E-state index contributed by atoms with van der Waals surface area (Å²) in [5.74, 6) is -0.808. The van der Waals surface area contributed by atoms with Crippen molar-refractivity contribution < 1.29 is 14.3 Å². The Hall–Kier alpha value is -1.13. The van der Waals surface area contributed by atoms with Crippen molar-refractivity contribution in [3.8, 4) is 0 Å². The number of hydrogen-bond donors (Lipinski definition) is 1. The SMILES string of the molecule is CC(C)=CCC/C(C)=C/CC/C(C)=C/C(CC(=O)O)O[Si](C)(C)C(C)(C)C. The first-order chi connectivity index (χ1) is 12.2. The molecule has 0 amide bonds. The van der Waals surface area contributed by atoms with E-state index in [0.29, 0.717) is 0 Å². The van der Waals surface area contributed by atoms with Crippen molar-refractivity contribution in [2.45, 2.75) is 105 Å². The zero-order chi connectivity index (χ0) is 21.3. The lowest BCUT2D eigenvalue weighted by Gasteiger charge is -2.38. The van der Waals surface area contributed by atoms with Gasteiger partial charge in [0.1, 0.15) is 0 Å². The molecular weight excluding hydrogens is 352 g/mol. The van der Waals surface area contributed by atoms with Gasteiger partial charge < -0.3 is 9.53 Å². The molecule has 0 aliphatic carbocycles. The molecule has 156 valence electrons. The van der Waals surface area contributed by atoms with E-state index in [9.17, 15) is 9.90 Å². The summed E-state index contributed by atoms with van der Waals surface area (Å²) in [4.78, 5) is 11.3. The third-order valence-electron chi connectivity index (χ3n) is 5.22. The van der Waals surface area contributed by atoms with Gasteiger partial charge in [0.2, 0.25) is 0 Å². The van der Waals surface area contributed by atoms with Gasteiger partial charge in [-0.1, -0.05) is 55.7 Å². The van der Waals surface area contributed by atoms with Crippen LogP contribution >= 0.6 is 0 Å². The Morgan fingerprint density at radius 2 is 1.52 bits per heavy atom. The molecule has 0 aromatic carbocycles. The summed E-state index contributed by atoms with van der Waals surface area (Å²) in [6, 6.07) is 0. The van der Waals surface area contributed by atoms with Crippen LogP contribution < -0.4 is 0 Å². The second kappa shape index (κ2) is 11.7. The first-order valence-electron chi connectivity index (χ1n) is 10.1. The van der Waals surface area contributed by atoms with E-state index in [2.05, 4.69) is 73.7 Å². The third-order valence-corrected chi connectivity index (χ3v) is 9.73. The minimum absolute atomic E-state index is 0.0292. The fraction of sp³-hybridized carbons (Fsp3) is 0.696. The van der Waals surface area contributed by atoms with Crippen LogP contribution in [0.15, 0.2) is 34.9 Å². The van der Waals surface area contributed by atoms with Crippen LogP contribution in [0, 0.1) is 0 Å². The molecule has 4 heteroatoms. The van der Waals surface area contributed by atoms with Gasteiger partial charge in [-0.05, 0) is 71.5 Å². The minimum Gasteiger partial charge on any atom is -0.481 e. The molecule has 1 N–H and O–H groups in total. The predicted octanol–water partition coefficient (Wildman–Crippen LogP) is 7.27. The number of carbonyl (C=O) groups is 1. The Kier molecular flexibility index (Phi) is 11.2. The highest BCUT2D eigenvalue weighted by atomic mass is 28.4. The average Bonchev–Trinajstić information content (AvgIpc) is 2.44. The van der Waals surface area contributed by atoms with Crippen molar-refractivity contribution in [3.05, 3.63) is 34.9 Å². The Morgan fingerprint density at radius 3 is 2.00 bits per heavy atom. The lowest BCUT2D eigenvalue weighted by atomic mass is 10.0. The fourth-order valence-electron chi connectivity index (χ4n) is 2.50. The third kappa shape index (κ3) is 12.0. The van der Waals surface area contributed by atoms with E-state index in [-0.39, 0.29) is 17.6 Å². The van der Waals surface area contributed by atoms with Gasteiger partial charge in [-0.3, -0.25) is 4.79 Å². The number of hydrogen-bond acceptors (Lipinski definition) is 2. The molecule has 0 radical (unpaired) electrons. The maximum atomic E-state index is 11.3. The molecule has 3 nitrogen and oxygen atoms in total. The Morgan fingerprint density at radius 1 is 1.00 bits per heavy atom. The quantitative estimate of drug-likeness (QED) is 0.296. The fourth-order valence-corrected chi connectivity index (χ4v) is 3.76. The van der Waals surface area contributed by atoms with Crippen LogP contribution in [0.2, 0.25) is 18.1 Å². The minimum atomic E-state index is -2.00. The summed E-state index contributed by atoms with van der Waals surface area (Å²) in [7, 11) is -2.00. The molecular formula is C23H42O3Si. The lowest BCUT2D eigenvalue weighted by Crippen LogP contribution is -2.44. The predicted molar refractivity (Wildman–Crippen MR) is 120 cm³/mol. The molecule has 0 aromatic heterocycles. The maximum absolute atomic E-state index is 11.3. The number of carboxylic acids is 1. The van der Waals surface area contributed by atoms with Crippen molar-refractivity contribution in [1.29, 1.82) is 0 Å². The van der Waals surface area contributed by atoms with Crippen molar-refractivity contribution in [1.82, 2.24) is 0 Å². The van der Waals surface area contributed by atoms with Gasteiger partial charge in [-0.25, -0.2) is 0 Å². The van der Waals surface area contributed by atoms with E-state index in [1.165, 1.54) is 16.7 Å². The van der Waals surface area contributed by atoms with Gasteiger partial charge in [0, 0.05) is 0 Å². The maximum Gasteiger partial charge on any atom is 0.306 e. The first-order valence-corrected chi connectivity index (χ1v) is 13.0. The zero-order valence-electron chi connectivity index (χ0n) is 19.1. The zero-order valence-corrected chi connectivity index (χ0v) is 20.1. The molecule has 0 rings (SSSR count). The van der Waals surface area contributed by atoms with Gasteiger partial charge in [0.15, 0.2) is 8.32 Å². The smallest absolute Gasteiger partial charge is 0.306 e. The largest absolute Gasteiger partial charge is 0.481 e. The first kappa shape index (κ1) is 25.9. The van der Waals surface area contributed by atoms with E-state index in [4.69, 9.17) is 4.43 Å². The number of carboxylic acid groups (broad SMARTS) is 1.